The van der Waals surface area contributed by atoms with E-state index in [4.69, 9.17) is 20.5 Å². The molecule has 0 saturated carbocycles. The zero-order valence-electron chi connectivity index (χ0n) is 20.6. The van der Waals surface area contributed by atoms with Crippen molar-refractivity contribution in [3.8, 4) is 6.07 Å². The summed E-state index contributed by atoms with van der Waals surface area (Å²) in [5.41, 5.74) is 8.13. The van der Waals surface area contributed by atoms with Gasteiger partial charge >= 0.3 is 11.9 Å². The number of esters is 2. The summed E-state index contributed by atoms with van der Waals surface area (Å²) in [7, 11) is 0. The zero-order valence-corrected chi connectivity index (χ0v) is 23.7. The number of nitro benzene ring substituents is 1. The Kier molecular flexibility index (Phi) is 11.8. The second-order valence-corrected chi connectivity index (χ2v) is 9.39. The van der Waals surface area contributed by atoms with Gasteiger partial charge in [-0.25, -0.2) is 14.6 Å². The van der Waals surface area contributed by atoms with E-state index in [-0.39, 0.29) is 35.8 Å². The first kappa shape index (κ1) is 30.4. The number of carbonyl (C=O) groups is 2. The zero-order chi connectivity index (χ0) is 28.2. The number of nitrogens with two attached hydrogens (primary N) is 1. The minimum atomic E-state index is -0.647. The monoisotopic (exact) mass is 646 g/mol. The Hall–Kier alpha value is -3.82. The molecule has 1 aliphatic rings. The summed E-state index contributed by atoms with van der Waals surface area (Å²) in [6, 6.07) is 11.9. The van der Waals surface area contributed by atoms with E-state index >= 15 is 0 Å². The van der Waals surface area contributed by atoms with Crippen molar-refractivity contribution in [2.24, 2.45) is 10.7 Å². The summed E-state index contributed by atoms with van der Waals surface area (Å²) in [5, 5.41) is 19.7. The van der Waals surface area contributed by atoms with Gasteiger partial charge in [-0.2, -0.15) is 5.26 Å². The maximum Gasteiger partial charge on any atom is 0.335 e. The Balaban J connectivity index is 0.000000268. The van der Waals surface area contributed by atoms with Crippen LogP contribution in [0.15, 0.2) is 61.5 Å². The van der Waals surface area contributed by atoms with E-state index in [1.165, 1.54) is 18.2 Å². The van der Waals surface area contributed by atoms with Gasteiger partial charge in [-0.3, -0.25) is 10.1 Å². The van der Waals surface area contributed by atoms with Gasteiger partial charge in [-0.05, 0) is 50.3 Å². The highest BCUT2D eigenvalue weighted by atomic mass is 79.9. The van der Waals surface area contributed by atoms with E-state index in [0.29, 0.717) is 28.9 Å². The Morgan fingerprint density at radius 1 is 1.16 bits per heavy atom. The lowest BCUT2D eigenvalue weighted by Gasteiger charge is -2.04. The summed E-state index contributed by atoms with van der Waals surface area (Å²) in [6.45, 7) is 3.94. The molecule has 0 aliphatic carbocycles. The number of aliphatic imine (C=N–C) groups is 1. The van der Waals surface area contributed by atoms with E-state index in [2.05, 4.69) is 36.9 Å². The first-order valence-electron chi connectivity index (χ1n) is 11.3. The Bertz CT molecular complexity index is 1360. The maximum absolute atomic E-state index is 11.8. The smallest absolute Gasteiger partial charge is 0.335 e. The minimum absolute atomic E-state index is 0.0831. The van der Waals surface area contributed by atoms with E-state index in [0.717, 1.165) is 15.7 Å². The van der Waals surface area contributed by atoms with E-state index < -0.39 is 10.9 Å². The fourth-order valence-electron chi connectivity index (χ4n) is 3.19. The lowest BCUT2D eigenvalue weighted by atomic mass is 10.1. The average Bonchev–Trinajstić information content (AvgIpc) is 3.03. The van der Waals surface area contributed by atoms with Crippen LogP contribution in [0, 0.1) is 21.4 Å². The van der Waals surface area contributed by atoms with Crippen LogP contribution in [0.2, 0.25) is 0 Å². The third-order valence-electron chi connectivity index (χ3n) is 4.82. The standard InChI is InChI=1S/C13H11BrN2O4.C13H13BrN2O2/c1-2-20-13(17)10(5-6-15)7-9-3-4-11(14)8-12(9)16(18)19;1-2-18-13(17)9-5-8-3-4-10(14)7-11(8)16-12(15)6-9/h3-4,7-8H,2,5H2,1H3;3-5,7H,2,6H2,1H3,(H2,15,16)/b10-7+;. The molecule has 0 unspecified atom stereocenters. The molecule has 0 saturated heterocycles. The number of nitro groups is 1. The van der Waals surface area contributed by atoms with E-state index in [9.17, 15) is 19.7 Å². The van der Waals surface area contributed by atoms with Crippen molar-refractivity contribution in [3.05, 3.63) is 77.7 Å². The predicted molar refractivity (Wildman–Crippen MR) is 150 cm³/mol. The highest BCUT2D eigenvalue weighted by Crippen LogP contribution is 2.30. The molecule has 38 heavy (non-hydrogen) atoms. The molecule has 0 fully saturated rings. The van der Waals surface area contributed by atoms with Gasteiger partial charge < -0.3 is 15.2 Å². The molecular weight excluding hydrogens is 624 g/mol. The van der Waals surface area contributed by atoms with Crippen LogP contribution in [-0.4, -0.2) is 35.9 Å². The summed E-state index contributed by atoms with van der Waals surface area (Å²) >= 11 is 6.53. The van der Waals surface area contributed by atoms with Gasteiger partial charge in [-0.1, -0.05) is 37.9 Å². The van der Waals surface area contributed by atoms with Crippen LogP contribution in [0.4, 0.5) is 11.4 Å². The lowest BCUT2D eigenvalue weighted by molar-refractivity contribution is -0.385. The maximum atomic E-state index is 11.8. The number of benzene rings is 2. The number of hydrogen-bond donors (Lipinski definition) is 1. The molecule has 0 aromatic heterocycles. The van der Waals surface area contributed by atoms with Crippen LogP contribution in [-0.2, 0) is 19.1 Å². The number of ether oxygens (including phenoxy) is 2. The highest BCUT2D eigenvalue weighted by molar-refractivity contribution is 9.10. The highest BCUT2D eigenvalue weighted by Gasteiger charge is 2.18. The molecule has 1 heterocycles. The van der Waals surface area contributed by atoms with Gasteiger partial charge in [0.2, 0.25) is 0 Å². The molecule has 1 aliphatic heterocycles. The third-order valence-corrected chi connectivity index (χ3v) is 5.81. The molecule has 0 radical (unpaired) electrons. The number of rotatable bonds is 7. The number of amidine groups is 1. The number of hydrogen-bond acceptors (Lipinski definition) is 9. The molecule has 0 bridgehead atoms. The van der Waals surface area contributed by atoms with Crippen LogP contribution >= 0.6 is 31.9 Å². The molecule has 3 rings (SSSR count). The van der Waals surface area contributed by atoms with Gasteiger partial charge in [0.1, 0.15) is 5.84 Å². The van der Waals surface area contributed by atoms with Gasteiger partial charge in [0.25, 0.3) is 5.69 Å². The van der Waals surface area contributed by atoms with Crippen molar-refractivity contribution < 1.29 is 24.0 Å². The molecule has 0 atom stereocenters. The van der Waals surface area contributed by atoms with Crippen molar-refractivity contribution in [2.75, 3.05) is 13.2 Å². The Morgan fingerprint density at radius 2 is 1.82 bits per heavy atom. The van der Waals surface area contributed by atoms with Crippen molar-refractivity contribution in [1.82, 2.24) is 0 Å². The molecule has 12 heteroatoms. The average molecular weight is 648 g/mol. The van der Waals surface area contributed by atoms with E-state index in [1.54, 1.807) is 26.0 Å². The van der Waals surface area contributed by atoms with E-state index in [1.807, 2.05) is 24.3 Å². The molecule has 0 spiro atoms. The van der Waals surface area contributed by atoms with Gasteiger partial charge in [0, 0.05) is 32.6 Å². The first-order chi connectivity index (χ1) is 18.1. The summed E-state index contributed by atoms with van der Waals surface area (Å²) in [4.78, 5) is 38.2. The summed E-state index contributed by atoms with van der Waals surface area (Å²) in [6.07, 6.45) is 3.23. The quantitative estimate of drug-likeness (QED) is 0.166. The molecule has 2 aromatic rings. The fraction of sp³-hybridized carbons (Fsp3) is 0.231. The fourth-order valence-corrected chi connectivity index (χ4v) is 3.89. The number of nitrogens with zero attached hydrogens (tertiary/aromatic N) is 3. The largest absolute Gasteiger partial charge is 0.463 e. The predicted octanol–water partition coefficient (Wildman–Crippen LogP) is 6.01. The number of nitriles is 1. The Morgan fingerprint density at radius 3 is 2.45 bits per heavy atom. The first-order valence-corrected chi connectivity index (χ1v) is 12.9. The van der Waals surface area contributed by atoms with Gasteiger partial charge in [0.15, 0.2) is 0 Å². The topological polar surface area (TPSA) is 158 Å². The van der Waals surface area contributed by atoms with Crippen molar-refractivity contribution >= 4 is 73.2 Å². The molecule has 198 valence electrons. The normalized spacial score (nSPS) is 12.3. The molecule has 10 nitrogen and oxygen atoms in total. The van der Waals surface area contributed by atoms with Crippen LogP contribution in [0.25, 0.3) is 12.2 Å². The van der Waals surface area contributed by atoms with Crippen molar-refractivity contribution in [2.45, 2.75) is 26.7 Å². The second kappa shape index (κ2) is 14.8. The summed E-state index contributed by atoms with van der Waals surface area (Å²) < 4.78 is 11.3. The Labute approximate surface area is 236 Å². The second-order valence-electron chi connectivity index (χ2n) is 7.56. The molecule has 2 N–H and O–H groups in total. The number of halogens is 2. The van der Waals surface area contributed by atoms with Crippen LogP contribution in [0.1, 0.15) is 37.8 Å². The third kappa shape index (κ3) is 8.93. The molecule has 2 aromatic carbocycles. The van der Waals surface area contributed by atoms with Crippen LogP contribution < -0.4 is 5.73 Å². The SMILES string of the molecule is CCOC(=O)/C(=C/c1ccc(Br)cc1[N+](=O)[O-])CC#N.CCOC(=O)C1=Cc2ccc(Br)cc2N=C(N)C1. The minimum Gasteiger partial charge on any atom is -0.463 e. The number of fused-ring (bicyclic) bond motifs is 1. The molecule has 0 amide bonds. The van der Waals surface area contributed by atoms with Crippen LogP contribution in [0.3, 0.4) is 0 Å². The van der Waals surface area contributed by atoms with Crippen molar-refractivity contribution in [1.29, 1.82) is 5.26 Å². The van der Waals surface area contributed by atoms with Crippen molar-refractivity contribution in [3.63, 3.8) is 0 Å². The summed E-state index contributed by atoms with van der Waals surface area (Å²) in [5.74, 6) is -0.580. The van der Waals surface area contributed by atoms with Gasteiger partial charge in [-0.15, -0.1) is 0 Å². The molecular formula is C26H24Br2N4O6. The van der Waals surface area contributed by atoms with Crippen LogP contribution in [0.5, 0.6) is 0 Å². The number of carbonyl (C=O) groups excluding carboxylic acids is 2. The lowest BCUT2D eigenvalue weighted by Crippen LogP contribution is -2.16. The van der Waals surface area contributed by atoms with Gasteiger partial charge in [0.05, 0.1) is 47.5 Å².